The van der Waals surface area contributed by atoms with Gasteiger partial charge in [-0.05, 0) is 63.4 Å². The largest absolute Gasteiger partial charge is 0.382 e. The van der Waals surface area contributed by atoms with E-state index in [0.717, 1.165) is 31.0 Å². The molecule has 2 saturated heterocycles. The molecule has 2 aliphatic heterocycles. The van der Waals surface area contributed by atoms with E-state index in [2.05, 4.69) is 29.1 Å². The first-order valence-electron chi connectivity index (χ1n) is 12.3. The summed E-state index contributed by atoms with van der Waals surface area (Å²) in [6.07, 6.45) is 4.89. The van der Waals surface area contributed by atoms with Crippen LogP contribution in [0.2, 0.25) is 0 Å². The summed E-state index contributed by atoms with van der Waals surface area (Å²) in [6, 6.07) is 8.38. The highest BCUT2D eigenvalue weighted by atomic mass is 16.5. The van der Waals surface area contributed by atoms with Crippen LogP contribution in [0.4, 0.5) is 11.5 Å². The van der Waals surface area contributed by atoms with Crippen LogP contribution >= 0.6 is 0 Å². The third kappa shape index (κ3) is 5.73. The molecule has 3 unspecified atom stereocenters. The maximum absolute atomic E-state index is 13.1. The highest BCUT2D eigenvalue weighted by Gasteiger charge is 2.30. The van der Waals surface area contributed by atoms with Crippen molar-refractivity contribution in [1.82, 2.24) is 10.3 Å². The molecule has 2 aliphatic rings. The number of benzene rings is 1. The standard InChI is InChI=1S/C27H33N5O4/c1-16-11-21(12-17(2)32(16)25-9-7-20(14-30-25)18(3)33)31-27(35)19-6-8-23(26(28)34)24(13-19)29-15-22-5-4-10-36-22/h6-9,13-14,17,21-22,29H,1,4-5,10-12,15H2,2-3H3,(H2,28,34)(H,31,35). The van der Waals surface area contributed by atoms with Gasteiger partial charge in [0.2, 0.25) is 0 Å². The second kappa shape index (κ2) is 10.9. The Morgan fingerprint density at radius 1 is 1.22 bits per heavy atom. The molecule has 4 N–H and O–H groups in total. The Kier molecular flexibility index (Phi) is 7.69. The van der Waals surface area contributed by atoms with Crippen LogP contribution in [-0.2, 0) is 4.74 Å². The fourth-order valence-corrected chi connectivity index (χ4v) is 4.87. The highest BCUT2D eigenvalue weighted by molar-refractivity contribution is 6.02. The lowest BCUT2D eigenvalue weighted by atomic mass is 9.95. The molecule has 4 rings (SSSR count). The van der Waals surface area contributed by atoms with E-state index in [1.165, 1.54) is 6.92 Å². The first kappa shape index (κ1) is 25.4. The van der Waals surface area contributed by atoms with Gasteiger partial charge in [0.25, 0.3) is 11.8 Å². The molecule has 0 spiro atoms. The number of ether oxygens (including phenoxy) is 1. The summed E-state index contributed by atoms with van der Waals surface area (Å²) in [4.78, 5) is 43.0. The van der Waals surface area contributed by atoms with Crippen LogP contribution < -0.4 is 21.3 Å². The number of hydrogen-bond donors (Lipinski definition) is 3. The van der Waals surface area contributed by atoms with Crippen LogP contribution in [0.15, 0.2) is 48.8 Å². The lowest BCUT2D eigenvalue weighted by molar-refractivity contribution is 0.0928. The van der Waals surface area contributed by atoms with Crippen molar-refractivity contribution in [3.05, 3.63) is 65.5 Å². The van der Waals surface area contributed by atoms with E-state index in [-0.39, 0.29) is 29.9 Å². The predicted molar refractivity (Wildman–Crippen MR) is 138 cm³/mol. The van der Waals surface area contributed by atoms with Crippen LogP contribution in [-0.4, -0.2) is 53.9 Å². The maximum Gasteiger partial charge on any atom is 0.251 e. The van der Waals surface area contributed by atoms with Gasteiger partial charge >= 0.3 is 0 Å². The van der Waals surface area contributed by atoms with Crippen LogP contribution in [0, 0.1) is 0 Å². The molecule has 0 bridgehead atoms. The summed E-state index contributed by atoms with van der Waals surface area (Å²) >= 11 is 0. The molecular formula is C27H33N5O4. The number of pyridine rings is 1. The zero-order chi connectivity index (χ0) is 25.8. The number of nitrogens with one attached hydrogen (secondary N) is 2. The summed E-state index contributed by atoms with van der Waals surface area (Å²) < 4.78 is 5.64. The molecule has 9 nitrogen and oxygen atoms in total. The van der Waals surface area contributed by atoms with Gasteiger partial charge in [-0.3, -0.25) is 14.4 Å². The molecule has 1 aromatic heterocycles. The van der Waals surface area contributed by atoms with Crippen molar-refractivity contribution in [2.45, 2.75) is 57.7 Å². The number of carbonyl (C=O) groups is 3. The first-order chi connectivity index (χ1) is 17.2. The number of carbonyl (C=O) groups excluding carboxylic acids is 3. The Balaban J connectivity index is 1.42. The normalized spacial score (nSPS) is 21.8. The minimum Gasteiger partial charge on any atom is -0.382 e. The average molecular weight is 492 g/mol. The Morgan fingerprint density at radius 2 is 2.00 bits per heavy atom. The van der Waals surface area contributed by atoms with Gasteiger partial charge in [-0.2, -0.15) is 0 Å². The lowest BCUT2D eigenvalue weighted by Gasteiger charge is -2.40. The van der Waals surface area contributed by atoms with E-state index in [1.54, 1.807) is 30.5 Å². The van der Waals surface area contributed by atoms with Gasteiger partial charge in [0, 0.05) is 60.4 Å². The number of nitrogens with two attached hydrogens (primary N) is 1. The minimum absolute atomic E-state index is 0.0311. The van der Waals surface area contributed by atoms with Gasteiger partial charge in [-0.1, -0.05) is 6.58 Å². The van der Waals surface area contributed by atoms with E-state index >= 15 is 0 Å². The third-order valence-corrected chi connectivity index (χ3v) is 6.72. The molecule has 2 aromatic rings. The van der Waals surface area contributed by atoms with Crippen LogP contribution in [0.3, 0.4) is 0 Å². The SMILES string of the molecule is C=C1CC(NC(=O)c2ccc(C(N)=O)c(NCC3CCCO3)c2)CC(C)N1c1ccc(C(C)=O)cn1. The first-order valence-corrected chi connectivity index (χ1v) is 12.3. The summed E-state index contributed by atoms with van der Waals surface area (Å²) in [5.74, 6) is -0.0875. The number of ketones is 1. The molecular weight excluding hydrogens is 458 g/mol. The summed E-state index contributed by atoms with van der Waals surface area (Å²) in [7, 11) is 0. The molecule has 0 saturated carbocycles. The second-order valence-corrected chi connectivity index (χ2v) is 9.50. The molecule has 2 fully saturated rings. The number of aromatic nitrogens is 1. The highest BCUT2D eigenvalue weighted by Crippen LogP contribution is 2.30. The third-order valence-electron chi connectivity index (χ3n) is 6.72. The Bertz CT molecular complexity index is 1160. The maximum atomic E-state index is 13.1. The topological polar surface area (TPSA) is 127 Å². The molecule has 2 amide bonds. The van der Waals surface area contributed by atoms with Gasteiger partial charge in [0.15, 0.2) is 5.78 Å². The number of primary amides is 1. The summed E-state index contributed by atoms with van der Waals surface area (Å²) in [5.41, 5.74) is 8.25. The lowest BCUT2D eigenvalue weighted by Crippen LogP contribution is -2.47. The van der Waals surface area contributed by atoms with Gasteiger partial charge in [0.1, 0.15) is 5.82 Å². The molecule has 1 aromatic carbocycles. The zero-order valence-corrected chi connectivity index (χ0v) is 20.8. The van der Waals surface area contributed by atoms with Crippen LogP contribution in [0.25, 0.3) is 0 Å². The van der Waals surface area contributed by atoms with Crippen molar-refractivity contribution in [1.29, 1.82) is 0 Å². The molecule has 36 heavy (non-hydrogen) atoms. The van der Waals surface area contributed by atoms with E-state index < -0.39 is 5.91 Å². The van der Waals surface area contributed by atoms with E-state index in [0.29, 0.717) is 41.8 Å². The smallest absolute Gasteiger partial charge is 0.251 e. The van der Waals surface area contributed by atoms with Crippen molar-refractivity contribution < 1.29 is 19.1 Å². The fourth-order valence-electron chi connectivity index (χ4n) is 4.87. The molecule has 3 atom stereocenters. The van der Waals surface area contributed by atoms with Gasteiger partial charge < -0.3 is 26.0 Å². The molecule has 190 valence electrons. The van der Waals surface area contributed by atoms with Crippen molar-refractivity contribution in [2.24, 2.45) is 5.73 Å². The number of Topliss-reactive ketones (excluding diaryl/α,β-unsaturated/α-hetero) is 1. The average Bonchev–Trinajstić information content (AvgIpc) is 3.36. The number of hydrogen-bond acceptors (Lipinski definition) is 7. The van der Waals surface area contributed by atoms with E-state index in [4.69, 9.17) is 10.5 Å². The zero-order valence-electron chi connectivity index (χ0n) is 20.8. The van der Waals surface area contributed by atoms with Crippen molar-refractivity contribution in [3.63, 3.8) is 0 Å². The second-order valence-electron chi connectivity index (χ2n) is 9.50. The van der Waals surface area contributed by atoms with Crippen molar-refractivity contribution in [2.75, 3.05) is 23.4 Å². The molecule has 9 heteroatoms. The summed E-state index contributed by atoms with van der Waals surface area (Å²) in [6.45, 7) is 9.06. The van der Waals surface area contributed by atoms with Gasteiger partial charge in [0.05, 0.1) is 11.7 Å². The molecule has 0 aliphatic carbocycles. The van der Waals surface area contributed by atoms with Gasteiger partial charge in [-0.15, -0.1) is 0 Å². The molecule has 3 heterocycles. The summed E-state index contributed by atoms with van der Waals surface area (Å²) in [5, 5.41) is 6.33. The minimum atomic E-state index is -0.556. The monoisotopic (exact) mass is 491 g/mol. The van der Waals surface area contributed by atoms with E-state index in [9.17, 15) is 14.4 Å². The van der Waals surface area contributed by atoms with Crippen molar-refractivity contribution in [3.8, 4) is 0 Å². The number of amides is 2. The Labute approximate surface area is 211 Å². The number of rotatable bonds is 8. The van der Waals surface area contributed by atoms with Crippen molar-refractivity contribution >= 4 is 29.1 Å². The quantitative estimate of drug-likeness (QED) is 0.484. The number of piperidine rings is 1. The van der Waals surface area contributed by atoms with Gasteiger partial charge in [-0.25, -0.2) is 4.98 Å². The molecule has 0 radical (unpaired) electrons. The van der Waals surface area contributed by atoms with Crippen LogP contribution in [0.1, 0.15) is 70.6 Å². The Hall–Kier alpha value is -3.72. The fraction of sp³-hybridized carbons (Fsp3) is 0.407. The van der Waals surface area contributed by atoms with Crippen LogP contribution in [0.5, 0.6) is 0 Å². The number of anilines is 2. The predicted octanol–water partition coefficient (Wildman–Crippen LogP) is 3.28. The van der Waals surface area contributed by atoms with E-state index in [1.807, 2.05) is 11.0 Å². The Morgan fingerprint density at radius 3 is 2.61 bits per heavy atom. The number of nitrogens with zero attached hydrogens (tertiary/aromatic N) is 2.